The van der Waals surface area contributed by atoms with Crippen molar-refractivity contribution in [2.24, 2.45) is 0 Å². The molecule has 2 aromatic heterocycles. The molecule has 2 aromatic rings. The smallest absolute Gasteiger partial charge is 0.255 e. The van der Waals surface area contributed by atoms with Crippen molar-refractivity contribution < 1.29 is 19.0 Å². The topological polar surface area (TPSA) is 86.7 Å². The second-order valence-electron chi connectivity index (χ2n) is 5.85. The van der Waals surface area contributed by atoms with Crippen molar-refractivity contribution in [3.05, 3.63) is 36.3 Å². The monoisotopic (exact) mass is 358 g/mol. The molecule has 0 bridgehead atoms. The first-order valence-electron chi connectivity index (χ1n) is 8.60. The van der Waals surface area contributed by atoms with Gasteiger partial charge in [-0.15, -0.1) is 0 Å². The van der Waals surface area contributed by atoms with Gasteiger partial charge in [0.1, 0.15) is 6.10 Å². The van der Waals surface area contributed by atoms with Gasteiger partial charge in [0.25, 0.3) is 5.91 Å². The van der Waals surface area contributed by atoms with Gasteiger partial charge in [0.05, 0.1) is 38.2 Å². The van der Waals surface area contributed by atoms with E-state index >= 15 is 0 Å². The summed E-state index contributed by atoms with van der Waals surface area (Å²) in [7, 11) is 1.53. The number of rotatable bonds is 6. The molecular weight excluding hydrogens is 336 g/mol. The third-order valence-electron chi connectivity index (χ3n) is 4.03. The van der Waals surface area contributed by atoms with Gasteiger partial charge in [0, 0.05) is 18.8 Å². The second-order valence-corrected chi connectivity index (χ2v) is 5.85. The Bertz CT molecular complexity index is 738. The maximum absolute atomic E-state index is 12.7. The molecule has 0 N–H and O–H groups in total. The summed E-state index contributed by atoms with van der Waals surface area (Å²) in [6.45, 7) is 3.61. The highest BCUT2D eigenvalue weighted by atomic mass is 16.5. The molecule has 0 spiro atoms. The largest absolute Gasteiger partial charge is 0.480 e. The zero-order chi connectivity index (χ0) is 18.4. The van der Waals surface area contributed by atoms with E-state index in [9.17, 15) is 4.79 Å². The number of piperidine rings is 1. The summed E-state index contributed by atoms with van der Waals surface area (Å²) in [5.74, 6) is 1.24. The molecule has 3 rings (SSSR count). The number of hydrogen-bond donors (Lipinski definition) is 0. The van der Waals surface area contributed by atoms with Crippen molar-refractivity contribution in [3.8, 4) is 17.6 Å². The van der Waals surface area contributed by atoms with Crippen molar-refractivity contribution >= 4 is 5.91 Å². The van der Waals surface area contributed by atoms with Gasteiger partial charge in [-0.05, 0) is 25.8 Å². The van der Waals surface area contributed by atoms with Crippen LogP contribution in [0.4, 0.5) is 0 Å². The lowest BCUT2D eigenvalue weighted by Crippen LogP contribution is -2.44. The number of carbonyl (C=O) groups is 1. The average molecular weight is 358 g/mol. The first-order chi connectivity index (χ1) is 12.7. The van der Waals surface area contributed by atoms with Crippen LogP contribution in [-0.4, -0.2) is 58.7 Å². The second kappa shape index (κ2) is 8.46. The van der Waals surface area contributed by atoms with Crippen LogP contribution in [-0.2, 0) is 0 Å². The molecule has 1 unspecified atom stereocenters. The Morgan fingerprint density at radius 3 is 2.81 bits per heavy atom. The molecule has 138 valence electrons. The maximum Gasteiger partial charge on any atom is 0.255 e. The predicted molar refractivity (Wildman–Crippen MR) is 93.5 cm³/mol. The number of likely N-dealkylation sites (tertiary alicyclic amines) is 1. The van der Waals surface area contributed by atoms with Crippen LogP contribution in [0.3, 0.4) is 0 Å². The molecule has 1 atom stereocenters. The fourth-order valence-electron chi connectivity index (χ4n) is 2.80. The van der Waals surface area contributed by atoms with Gasteiger partial charge in [0.15, 0.2) is 0 Å². The molecule has 1 saturated heterocycles. The first-order valence-corrected chi connectivity index (χ1v) is 8.60. The summed E-state index contributed by atoms with van der Waals surface area (Å²) in [6.07, 6.45) is 6.18. The number of aromatic nitrogens is 3. The predicted octanol–water partition coefficient (Wildman–Crippen LogP) is 1.96. The SMILES string of the molecule is CCOc1ccc(C(=O)N2CCCC(Oc3cncc(OC)n3)C2)cn1. The van der Waals surface area contributed by atoms with Crippen LogP contribution in [0.1, 0.15) is 30.1 Å². The van der Waals surface area contributed by atoms with Crippen molar-refractivity contribution in [2.75, 3.05) is 26.8 Å². The summed E-state index contributed by atoms with van der Waals surface area (Å²) in [4.78, 5) is 26.9. The zero-order valence-electron chi connectivity index (χ0n) is 14.9. The summed E-state index contributed by atoms with van der Waals surface area (Å²) in [5, 5.41) is 0. The lowest BCUT2D eigenvalue weighted by molar-refractivity contribution is 0.0525. The molecule has 0 radical (unpaired) electrons. The number of pyridine rings is 1. The molecule has 1 aliphatic heterocycles. The standard InChI is InChI=1S/C18H22N4O4/c1-3-25-15-7-6-13(9-20-15)18(23)22-8-4-5-14(12-22)26-17-11-19-10-16(21-17)24-2/h6-7,9-11,14H,3-5,8,12H2,1-2H3. The van der Waals surface area contributed by atoms with Crippen molar-refractivity contribution in [3.63, 3.8) is 0 Å². The Morgan fingerprint density at radius 2 is 2.08 bits per heavy atom. The van der Waals surface area contributed by atoms with Gasteiger partial charge in [-0.25, -0.2) is 4.98 Å². The molecule has 0 aromatic carbocycles. The van der Waals surface area contributed by atoms with Gasteiger partial charge >= 0.3 is 0 Å². The Morgan fingerprint density at radius 1 is 1.23 bits per heavy atom. The van der Waals surface area contributed by atoms with E-state index in [0.717, 1.165) is 12.8 Å². The number of ether oxygens (including phenoxy) is 3. The molecule has 3 heterocycles. The Labute approximate surface area is 152 Å². The van der Waals surface area contributed by atoms with E-state index in [1.807, 2.05) is 6.92 Å². The summed E-state index contributed by atoms with van der Waals surface area (Å²) in [5.41, 5.74) is 0.537. The van der Waals surface area contributed by atoms with E-state index in [1.165, 1.54) is 13.3 Å². The molecule has 26 heavy (non-hydrogen) atoms. The molecule has 1 fully saturated rings. The van der Waals surface area contributed by atoms with E-state index in [-0.39, 0.29) is 12.0 Å². The van der Waals surface area contributed by atoms with Gasteiger partial charge in [-0.2, -0.15) is 4.98 Å². The molecule has 0 saturated carbocycles. The molecule has 8 nitrogen and oxygen atoms in total. The van der Waals surface area contributed by atoms with Crippen molar-refractivity contribution in [1.29, 1.82) is 0 Å². The van der Waals surface area contributed by atoms with Crippen LogP contribution >= 0.6 is 0 Å². The van der Waals surface area contributed by atoms with Gasteiger partial charge in [-0.3, -0.25) is 9.78 Å². The van der Waals surface area contributed by atoms with E-state index in [2.05, 4.69) is 15.0 Å². The summed E-state index contributed by atoms with van der Waals surface area (Å²) in [6, 6.07) is 3.44. The average Bonchev–Trinajstić information content (AvgIpc) is 2.69. The number of amides is 1. The van der Waals surface area contributed by atoms with Gasteiger partial charge in [0.2, 0.25) is 17.6 Å². The lowest BCUT2D eigenvalue weighted by atomic mass is 10.1. The first kappa shape index (κ1) is 17.9. The maximum atomic E-state index is 12.7. The normalized spacial score (nSPS) is 16.8. The minimum atomic E-state index is -0.134. The third-order valence-corrected chi connectivity index (χ3v) is 4.03. The van der Waals surface area contributed by atoms with Crippen LogP contribution < -0.4 is 14.2 Å². The number of methoxy groups -OCH3 is 1. The van der Waals surface area contributed by atoms with Crippen LogP contribution in [0.25, 0.3) is 0 Å². The van der Waals surface area contributed by atoms with Crippen molar-refractivity contribution in [1.82, 2.24) is 19.9 Å². The lowest BCUT2D eigenvalue weighted by Gasteiger charge is -2.32. The molecule has 1 amide bonds. The van der Waals surface area contributed by atoms with E-state index in [0.29, 0.717) is 42.9 Å². The van der Waals surface area contributed by atoms with Crippen molar-refractivity contribution in [2.45, 2.75) is 25.9 Å². The van der Waals surface area contributed by atoms with E-state index in [1.54, 1.807) is 29.4 Å². The number of carbonyl (C=O) groups excluding carboxylic acids is 1. The highest BCUT2D eigenvalue weighted by molar-refractivity contribution is 5.94. The molecule has 1 aliphatic rings. The minimum Gasteiger partial charge on any atom is -0.480 e. The van der Waals surface area contributed by atoms with E-state index in [4.69, 9.17) is 14.2 Å². The fraction of sp³-hybridized carbons (Fsp3) is 0.444. The molecule has 8 heteroatoms. The van der Waals surface area contributed by atoms with Crippen LogP contribution in [0, 0.1) is 0 Å². The zero-order valence-corrected chi connectivity index (χ0v) is 14.9. The van der Waals surface area contributed by atoms with Gasteiger partial charge in [-0.1, -0.05) is 0 Å². The fourth-order valence-corrected chi connectivity index (χ4v) is 2.80. The Hall–Kier alpha value is -2.90. The molecular formula is C18H22N4O4. The third kappa shape index (κ3) is 4.38. The number of nitrogens with zero attached hydrogens (tertiary/aromatic N) is 4. The highest BCUT2D eigenvalue weighted by Gasteiger charge is 2.26. The Kier molecular flexibility index (Phi) is 5.83. The summed E-state index contributed by atoms with van der Waals surface area (Å²) >= 11 is 0. The quantitative estimate of drug-likeness (QED) is 0.780. The highest BCUT2D eigenvalue weighted by Crippen LogP contribution is 2.20. The number of hydrogen-bond acceptors (Lipinski definition) is 7. The van der Waals surface area contributed by atoms with E-state index < -0.39 is 0 Å². The minimum absolute atomic E-state index is 0.0643. The van der Waals surface area contributed by atoms with Gasteiger partial charge < -0.3 is 19.1 Å². The molecule has 0 aliphatic carbocycles. The van der Waals surface area contributed by atoms with Crippen LogP contribution in [0.15, 0.2) is 30.7 Å². The Balaban J connectivity index is 1.62. The summed E-state index contributed by atoms with van der Waals surface area (Å²) < 4.78 is 16.2. The van der Waals surface area contributed by atoms with Crippen LogP contribution in [0.2, 0.25) is 0 Å². The van der Waals surface area contributed by atoms with Crippen LogP contribution in [0.5, 0.6) is 17.6 Å².